The lowest BCUT2D eigenvalue weighted by Gasteiger charge is -2.28. The molecule has 26 heavy (non-hydrogen) atoms. The molecule has 0 saturated heterocycles. The van der Waals surface area contributed by atoms with Crippen LogP contribution < -0.4 is 0 Å². The Morgan fingerprint density at radius 2 is 1.19 bits per heavy atom. The third-order valence-corrected chi connectivity index (χ3v) is 4.83. The van der Waals surface area contributed by atoms with Gasteiger partial charge >= 0.3 is 0 Å². The van der Waals surface area contributed by atoms with Crippen molar-refractivity contribution in [3.05, 3.63) is 0 Å². The average Bonchev–Trinajstić information content (AvgIpc) is 2.57. The largest absolute Gasteiger partial charge is 0.394 e. The minimum atomic E-state index is -0.702. The smallest absolute Gasteiger partial charge is 0.0880 e. The Morgan fingerprint density at radius 1 is 0.692 bits per heavy atom. The van der Waals surface area contributed by atoms with Crippen molar-refractivity contribution < 1.29 is 19.7 Å². The van der Waals surface area contributed by atoms with Crippen molar-refractivity contribution in [2.45, 2.75) is 97.5 Å². The highest BCUT2D eigenvalue weighted by Crippen LogP contribution is 2.24. The predicted molar refractivity (Wildman–Crippen MR) is 110 cm³/mol. The van der Waals surface area contributed by atoms with E-state index in [2.05, 4.69) is 27.7 Å². The number of ether oxygens (including phenoxy) is 2. The summed E-state index contributed by atoms with van der Waals surface area (Å²) < 4.78 is 10.9. The minimum absolute atomic E-state index is 0.0384. The molecule has 0 aromatic heterocycles. The van der Waals surface area contributed by atoms with E-state index in [1.807, 2.05) is 0 Å². The second kappa shape index (κ2) is 17.0. The van der Waals surface area contributed by atoms with E-state index in [-0.39, 0.29) is 6.61 Å². The van der Waals surface area contributed by atoms with Gasteiger partial charge in [-0.2, -0.15) is 0 Å². The first-order valence-corrected chi connectivity index (χ1v) is 10.9. The van der Waals surface area contributed by atoms with Crippen LogP contribution in [0.1, 0.15) is 91.9 Å². The Kier molecular flexibility index (Phi) is 16.9. The maximum atomic E-state index is 11.0. The molecule has 0 bridgehead atoms. The van der Waals surface area contributed by atoms with Crippen LogP contribution in [0.3, 0.4) is 0 Å². The predicted octanol–water partition coefficient (Wildman–Crippen LogP) is 4.96. The summed E-state index contributed by atoms with van der Waals surface area (Å²) in [5.74, 6) is 1.52. The lowest BCUT2D eigenvalue weighted by Crippen LogP contribution is -2.35. The third-order valence-electron chi connectivity index (χ3n) is 4.83. The van der Waals surface area contributed by atoms with Crippen molar-refractivity contribution in [3.8, 4) is 0 Å². The van der Waals surface area contributed by atoms with Crippen molar-refractivity contribution in [3.63, 3.8) is 0 Å². The lowest BCUT2D eigenvalue weighted by atomic mass is 9.90. The summed E-state index contributed by atoms with van der Waals surface area (Å²) in [6.45, 7) is 10.8. The number of hydrogen-bond acceptors (Lipinski definition) is 4. The molecule has 0 unspecified atom stereocenters. The van der Waals surface area contributed by atoms with Crippen LogP contribution in [0, 0.1) is 11.8 Å². The fourth-order valence-corrected chi connectivity index (χ4v) is 3.18. The molecule has 0 rings (SSSR count). The molecule has 0 aliphatic carbocycles. The Bertz CT molecular complexity index is 274. The van der Waals surface area contributed by atoms with Gasteiger partial charge in [-0.1, -0.05) is 79.1 Å². The van der Waals surface area contributed by atoms with Crippen LogP contribution in [0.4, 0.5) is 0 Å². The summed E-state index contributed by atoms with van der Waals surface area (Å²) in [7, 11) is 0. The number of rotatable bonds is 19. The van der Waals surface area contributed by atoms with E-state index in [9.17, 15) is 5.11 Å². The van der Waals surface area contributed by atoms with Crippen molar-refractivity contribution in [2.24, 2.45) is 11.8 Å². The summed E-state index contributed by atoms with van der Waals surface area (Å²) in [6, 6.07) is 0. The van der Waals surface area contributed by atoms with E-state index in [4.69, 9.17) is 14.6 Å². The third kappa shape index (κ3) is 17.3. The Hall–Kier alpha value is -0.160. The number of aliphatic hydroxyl groups is 2. The van der Waals surface area contributed by atoms with Crippen molar-refractivity contribution in [2.75, 3.05) is 33.0 Å². The van der Waals surface area contributed by atoms with Crippen molar-refractivity contribution >= 4 is 0 Å². The second-order valence-electron chi connectivity index (χ2n) is 8.60. The zero-order chi connectivity index (χ0) is 19.7. The first kappa shape index (κ1) is 25.8. The zero-order valence-electron chi connectivity index (χ0n) is 18.0. The fraction of sp³-hybridized carbons (Fsp3) is 1.00. The highest BCUT2D eigenvalue weighted by molar-refractivity contribution is 4.78. The van der Waals surface area contributed by atoms with Crippen LogP contribution in [0.15, 0.2) is 0 Å². The minimum Gasteiger partial charge on any atom is -0.394 e. The van der Waals surface area contributed by atoms with Gasteiger partial charge in [-0.15, -0.1) is 0 Å². The molecular formula is C22H46O4. The van der Waals surface area contributed by atoms with Crippen LogP contribution in [-0.2, 0) is 9.47 Å². The monoisotopic (exact) mass is 374 g/mol. The van der Waals surface area contributed by atoms with Gasteiger partial charge in [-0.25, -0.2) is 0 Å². The van der Waals surface area contributed by atoms with E-state index >= 15 is 0 Å². The molecule has 4 heteroatoms. The van der Waals surface area contributed by atoms with Gasteiger partial charge in [0.2, 0.25) is 0 Å². The molecule has 2 N–H and O–H groups in total. The topological polar surface area (TPSA) is 58.9 Å². The Balaban J connectivity index is 4.10. The Morgan fingerprint density at radius 3 is 1.65 bits per heavy atom. The van der Waals surface area contributed by atoms with Gasteiger partial charge in [0.1, 0.15) is 0 Å². The molecule has 0 radical (unpaired) electrons. The maximum Gasteiger partial charge on any atom is 0.0880 e. The van der Waals surface area contributed by atoms with Crippen LogP contribution in [0.5, 0.6) is 0 Å². The molecule has 0 aliphatic rings. The van der Waals surface area contributed by atoms with Crippen LogP contribution in [0.25, 0.3) is 0 Å². The highest BCUT2D eigenvalue weighted by Gasteiger charge is 2.26. The van der Waals surface area contributed by atoms with Gasteiger partial charge in [0, 0.05) is 0 Å². The summed E-state index contributed by atoms with van der Waals surface area (Å²) in [6.07, 6.45) is 11.2. The molecular weight excluding hydrogens is 328 g/mol. The molecule has 0 heterocycles. The van der Waals surface area contributed by atoms with Gasteiger partial charge in [0.25, 0.3) is 0 Å². The SMILES string of the molecule is CC(C)CCCCCC(O)(CCCCCC(C)C)COCCOCCO. The van der Waals surface area contributed by atoms with E-state index in [0.29, 0.717) is 26.4 Å². The molecule has 0 aromatic carbocycles. The molecule has 0 saturated carbocycles. The molecule has 0 aliphatic heterocycles. The van der Waals surface area contributed by atoms with E-state index < -0.39 is 5.60 Å². The standard InChI is InChI=1S/C22H46O4/c1-20(2)11-7-5-9-13-22(24,14-10-6-8-12-21(3)4)19-26-18-17-25-16-15-23/h20-21,23-24H,5-19H2,1-4H3. The Labute approximate surface area is 162 Å². The van der Waals surface area contributed by atoms with Gasteiger partial charge in [0.05, 0.1) is 38.6 Å². The summed E-state index contributed by atoms with van der Waals surface area (Å²) >= 11 is 0. The fourth-order valence-electron chi connectivity index (χ4n) is 3.18. The summed E-state index contributed by atoms with van der Waals surface area (Å²) in [5, 5.41) is 19.7. The highest BCUT2D eigenvalue weighted by atomic mass is 16.5. The van der Waals surface area contributed by atoms with Crippen LogP contribution >= 0.6 is 0 Å². The summed E-state index contributed by atoms with van der Waals surface area (Å²) in [4.78, 5) is 0. The van der Waals surface area contributed by atoms with Gasteiger partial charge in [0.15, 0.2) is 0 Å². The summed E-state index contributed by atoms with van der Waals surface area (Å²) in [5.41, 5.74) is -0.702. The van der Waals surface area contributed by atoms with Crippen molar-refractivity contribution in [1.82, 2.24) is 0 Å². The number of aliphatic hydroxyl groups excluding tert-OH is 1. The molecule has 0 fully saturated rings. The first-order valence-electron chi connectivity index (χ1n) is 10.9. The normalized spacial score (nSPS) is 12.5. The molecule has 0 amide bonds. The van der Waals surface area contributed by atoms with Crippen LogP contribution in [0.2, 0.25) is 0 Å². The maximum absolute atomic E-state index is 11.0. The lowest BCUT2D eigenvalue weighted by molar-refractivity contribution is -0.0708. The quantitative estimate of drug-likeness (QED) is 0.314. The van der Waals surface area contributed by atoms with Gasteiger partial charge in [-0.05, 0) is 24.7 Å². The van der Waals surface area contributed by atoms with Gasteiger partial charge < -0.3 is 19.7 Å². The van der Waals surface area contributed by atoms with Crippen LogP contribution in [-0.4, -0.2) is 48.8 Å². The second-order valence-corrected chi connectivity index (χ2v) is 8.60. The van der Waals surface area contributed by atoms with E-state index in [1.165, 1.54) is 38.5 Å². The van der Waals surface area contributed by atoms with E-state index in [0.717, 1.165) is 37.5 Å². The number of hydrogen-bond donors (Lipinski definition) is 2. The zero-order valence-corrected chi connectivity index (χ0v) is 18.0. The average molecular weight is 375 g/mol. The molecule has 4 nitrogen and oxygen atoms in total. The van der Waals surface area contributed by atoms with Gasteiger partial charge in [-0.3, -0.25) is 0 Å². The molecule has 0 spiro atoms. The van der Waals surface area contributed by atoms with Crippen molar-refractivity contribution in [1.29, 1.82) is 0 Å². The number of unbranched alkanes of at least 4 members (excludes halogenated alkanes) is 4. The molecule has 0 aromatic rings. The molecule has 158 valence electrons. The molecule has 0 atom stereocenters. The first-order chi connectivity index (χ1) is 12.4. The van der Waals surface area contributed by atoms with E-state index in [1.54, 1.807) is 0 Å².